The minimum absolute atomic E-state index is 0.0744. The van der Waals surface area contributed by atoms with Gasteiger partial charge < -0.3 is 15.4 Å². The lowest BCUT2D eigenvalue weighted by Gasteiger charge is -2.17. The van der Waals surface area contributed by atoms with Crippen LogP contribution in [0.25, 0.3) is 0 Å². The lowest BCUT2D eigenvalue weighted by Crippen LogP contribution is -2.29. The summed E-state index contributed by atoms with van der Waals surface area (Å²) in [5.74, 6) is 1.49. The van der Waals surface area contributed by atoms with Crippen molar-refractivity contribution in [3.63, 3.8) is 0 Å². The van der Waals surface area contributed by atoms with Crippen molar-refractivity contribution in [1.29, 1.82) is 0 Å². The van der Waals surface area contributed by atoms with Gasteiger partial charge in [0, 0.05) is 18.7 Å². The Morgan fingerprint density at radius 3 is 3.17 bits per heavy atom. The van der Waals surface area contributed by atoms with Gasteiger partial charge in [0.25, 0.3) is 5.91 Å². The Bertz CT molecular complexity index is 704. The van der Waals surface area contributed by atoms with Gasteiger partial charge in [0.15, 0.2) is 0 Å². The third-order valence-corrected chi connectivity index (χ3v) is 4.20. The molecule has 0 saturated carbocycles. The molecule has 1 aromatic heterocycles. The van der Waals surface area contributed by atoms with E-state index in [1.165, 1.54) is 0 Å². The van der Waals surface area contributed by atoms with E-state index in [0.717, 1.165) is 43.7 Å². The highest BCUT2D eigenvalue weighted by molar-refractivity contribution is 5.91. The number of fused-ring (bicyclic) bond motifs is 2. The second-order valence-corrected chi connectivity index (χ2v) is 5.82. The number of anilines is 1. The summed E-state index contributed by atoms with van der Waals surface area (Å²) in [6.45, 7) is 2.33. The minimum Gasteiger partial charge on any atom is -0.493 e. The SMILES string of the molecule is O=C(N[C@H]1CCCOc2ccccc21)c1nc2n(n1)CCCN2. The third kappa shape index (κ3) is 2.74. The molecule has 2 aliphatic heterocycles. The molecule has 120 valence electrons. The molecule has 23 heavy (non-hydrogen) atoms. The molecule has 7 nitrogen and oxygen atoms in total. The number of carbonyl (C=O) groups excluding carboxylic acids is 1. The van der Waals surface area contributed by atoms with Crippen molar-refractivity contribution in [3.8, 4) is 5.75 Å². The number of ether oxygens (including phenoxy) is 1. The maximum Gasteiger partial charge on any atom is 0.291 e. The van der Waals surface area contributed by atoms with Gasteiger partial charge in [-0.05, 0) is 25.3 Å². The Morgan fingerprint density at radius 1 is 1.35 bits per heavy atom. The Kier molecular flexibility index (Phi) is 3.61. The van der Waals surface area contributed by atoms with Gasteiger partial charge in [0.1, 0.15) is 5.75 Å². The number of carbonyl (C=O) groups is 1. The van der Waals surface area contributed by atoms with Gasteiger partial charge in [-0.2, -0.15) is 4.98 Å². The number of amides is 1. The van der Waals surface area contributed by atoms with E-state index in [2.05, 4.69) is 20.7 Å². The van der Waals surface area contributed by atoms with Gasteiger partial charge in [-0.3, -0.25) is 4.79 Å². The fourth-order valence-corrected chi connectivity index (χ4v) is 3.05. The first kappa shape index (κ1) is 14.0. The van der Waals surface area contributed by atoms with E-state index in [0.29, 0.717) is 12.6 Å². The zero-order valence-electron chi connectivity index (χ0n) is 12.8. The van der Waals surface area contributed by atoms with Crippen molar-refractivity contribution in [1.82, 2.24) is 20.1 Å². The largest absolute Gasteiger partial charge is 0.493 e. The fourth-order valence-electron chi connectivity index (χ4n) is 3.05. The van der Waals surface area contributed by atoms with Crippen LogP contribution < -0.4 is 15.4 Å². The molecule has 0 bridgehead atoms. The number of nitrogens with zero attached hydrogens (tertiary/aromatic N) is 3. The quantitative estimate of drug-likeness (QED) is 0.882. The first-order valence-corrected chi connectivity index (χ1v) is 8.02. The summed E-state index contributed by atoms with van der Waals surface area (Å²) < 4.78 is 7.49. The number of rotatable bonds is 2. The molecule has 2 N–H and O–H groups in total. The molecule has 0 saturated heterocycles. The van der Waals surface area contributed by atoms with E-state index in [4.69, 9.17) is 4.74 Å². The predicted octanol–water partition coefficient (Wildman–Crippen LogP) is 1.74. The number of aryl methyl sites for hydroxylation is 1. The van der Waals surface area contributed by atoms with Crippen LogP contribution >= 0.6 is 0 Å². The van der Waals surface area contributed by atoms with E-state index in [1.807, 2.05) is 24.3 Å². The van der Waals surface area contributed by atoms with Crippen molar-refractivity contribution in [2.24, 2.45) is 0 Å². The van der Waals surface area contributed by atoms with Crippen LogP contribution in [0.2, 0.25) is 0 Å². The average Bonchev–Trinajstić information content (AvgIpc) is 2.92. The van der Waals surface area contributed by atoms with Crippen LogP contribution in [0.15, 0.2) is 24.3 Å². The van der Waals surface area contributed by atoms with E-state index in [-0.39, 0.29) is 17.8 Å². The number of benzene rings is 1. The third-order valence-electron chi connectivity index (χ3n) is 4.20. The second kappa shape index (κ2) is 5.91. The van der Waals surface area contributed by atoms with E-state index in [1.54, 1.807) is 4.68 Å². The summed E-state index contributed by atoms with van der Waals surface area (Å²) in [7, 11) is 0. The van der Waals surface area contributed by atoms with Crippen molar-refractivity contribution in [2.45, 2.75) is 31.8 Å². The maximum atomic E-state index is 12.5. The summed E-state index contributed by atoms with van der Waals surface area (Å²) in [6.07, 6.45) is 2.73. The van der Waals surface area contributed by atoms with Gasteiger partial charge in [-0.15, -0.1) is 5.10 Å². The molecule has 0 unspecified atom stereocenters. The summed E-state index contributed by atoms with van der Waals surface area (Å²) in [5, 5.41) is 10.5. The van der Waals surface area contributed by atoms with Crippen LogP contribution in [0.1, 0.15) is 41.5 Å². The molecule has 0 spiro atoms. The van der Waals surface area contributed by atoms with Crippen molar-refractivity contribution in [3.05, 3.63) is 35.7 Å². The lowest BCUT2D eigenvalue weighted by atomic mass is 10.0. The molecule has 2 aliphatic rings. The monoisotopic (exact) mass is 313 g/mol. The van der Waals surface area contributed by atoms with E-state index >= 15 is 0 Å². The lowest BCUT2D eigenvalue weighted by molar-refractivity contribution is 0.0924. The minimum atomic E-state index is -0.240. The van der Waals surface area contributed by atoms with Gasteiger partial charge in [0.2, 0.25) is 11.8 Å². The normalized spacial score (nSPS) is 19.6. The molecule has 0 aliphatic carbocycles. The first-order valence-electron chi connectivity index (χ1n) is 8.02. The molecule has 0 radical (unpaired) electrons. The number of hydrogen-bond donors (Lipinski definition) is 2. The van der Waals surface area contributed by atoms with Crippen LogP contribution in [0, 0.1) is 0 Å². The zero-order chi connectivity index (χ0) is 15.6. The standard InChI is InChI=1S/C16H19N5O2/c22-15(14-19-16-17-8-4-9-21(16)20-14)18-12-6-3-10-23-13-7-2-1-5-11(12)13/h1-2,5,7,12H,3-4,6,8-10H2,(H,18,22)(H,17,19,20)/t12-/m0/s1. The highest BCUT2D eigenvalue weighted by Crippen LogP contribution is 2.31. The first-order chi connectivity index (χ1) is 11.3. The van der Waals surface area contributed by atoms with Crippen LogP contribution in [-0.4, -0.2) is 33.8 Å². The van der Waals surface area contributed by atoms with Gasteiger partial charge >= 0.3 is 0 Å². The predicted molar refractivity (Wildman–Crippen MR) is 84.5 cm³/mol. The number of nitrogens with one attached hydrogen (secondary N) is 2. The van der Waals surface area contributed by atoms with Crippen LogP contribution in [0.4, 0.5) is 5.95 Å². The highest BCUT2D eigenvalue weighted by Gasteiger charge is 2.24. The summed E-state index contributed by atoms with van der Waals surface area (Å²) in [4.78, 5) is 16.8. The van der Waals surface area contributed by atoms with Gasteiger partial charge in [0.05, 0.1) is 12.6 Å². The second-order valence-electron chi connectivity index (χ2n) is 5.82. The van der Waals surface area contributed by atoms with Gasteiger partial charge in [-0.25, -0.2) is 4.68 Å². The summed E-state index contributed by atoms with van der Waals surface area (Å²) in [6, 6.07) is 7.77. The highest BCUT2D eigenvalue weighted by atomic mass is 16.5. The topological polar surface area (TPSA) is 81.1 Å². The van der Waals surface area contributed by atoms with E-state index in [9.17, 15) is 4.79 Å². The van der Waals surface area contributed by atoms with Crippen LogP contribution in [0.5, 0.6) is 5.75 Å². The van der Waals surface area contributed by atoms with Crippen molar-refractivity contribution in [2.75, 3.05) is 18.5 Å². The molecule has 4 rings (SSSR count). The Hall–Kier alpha value is -2.57. The van der Waals surface area contributed by atoms with Crippen molar-refractivity contribution < 1.29 is 9.53 Å². The smallest absolute Gasteiger partial charge is 0.291 e. The molecular weight excluding hydrogens is 294 g/mol. The Morgan fingerprint density at radius 2 is 2.26 bits per heavy atom. The molecule has 1 atom stereocenters. The molecule has 2 aromatic rings. The molecule has 1 aromatic carbocycles. The van der Waals surface area contributed by atoms with Gasteiger partial charge in [-0.1, -0.05) is 18.2 Å². The maximum absolute atomic E-state index is 12.5. The Labute approximate surface area is 134 Å². The summed E-state index contributed by atoms with van der Waals surface area (Å²) >= 11 is 0. The molecule has 0 fully saturated rings. The van der Waals surface area contributed by atoms with Crippen LogP contribution in [0.3, 0.4) is 0 Å². The van der Waals surface area contributed by atoms with E-state index < -0.39 is 0 Å². The zero-order valence-corrected chi connectivity index (χ0v) is 12.8. The molecule has 7 heteroatoms. The molecule has 1 amide bonds. The number of para-hydroxylation sites is 1. The number of hydrogen-bond acceptors (Lipinski definition) is 5. The van der Waals surface area contributed by atoms with Crippen LogP contribution in [-0.2, 0) is 6.54 Å². The molecular formula is C16H19N5O2. The summed E-state index contributed by atoms with van der Waals surface area (Å²) in [5.41, 5.74) is 1.01. The Balaban J connectivity index is 1.55. The number of aromatic nitrogens is 3. The average molecular weight is 313 g/mol. The van der Waals surface area contributed by atoms with Crippen molar-refractivity contribution >= 4 is 11.9 Å². The fraction of sp³-hybridized carbons (Fsp3) is 0.438. The molecule has 3 heterocycles.